The number of carbonyl (C=O) groups is 3. The van der Waals surface area contributed by atoms with Crippen molar-refractivity contribution in [3.8, 4) is 0 Å². The van der Waals surface area contributed by atoms with E-state index in [-0.39, 0.29) is 18.3 Å². The summed E-state index contributed by atoms with van der Waals surface area (Å²) in [5, 5.41) is 11.0. The van der Waals surface area contributed by atoms with Crippen molar-refractivity contribution in [2.75, 3.05) is 0 Å². The van der Waals surface area contributed by atoms with E-state index in [9.17, 15) is 14.4 Å². The summed E-state index contributed by atoms with van der Waals surface area (Å²) >= 11 is 0. The zero-order valence-corrected chi connectivity index (χ0v) is 16.1. The lowest BCUT2D eigenvalue weighted by Crippen LogP contribution is -2.40. The van der Waals surface area contributed by atoms with E-state index >= 15 is 0 Å². The van der Waals surface area contributed by atoms with Crippen molar-refractivity contribution < 1.29 is 14.4 Å². The van der Waals surface area contributed by atoms with Crippen LogP contribution in [0.3, 0.4) is 0 Å². The smallest absolute Gasteiger partial charge is 0.322 e. The van der Waals surface area contributed by atoms with Gasteiger partial charge in [-0.15, -0.1) is 12.4 Å². The van der Waals surface area contributed by atoms with Crippen molar-refractivity contribution in [1.29, 1.82) is 0 Å². The van der Waals surface area contributed by atoms with Crippen molar-refractivity contribution in [3.05, 3.63) is 70.3 Å². The Hall–Kier alpha value is -2.90. The van der Waals surface area contributed by atoms with Crippen LogP contribution in [0.15, 0.2) is 42.5 Å². The monoisotopic (exact) mass is 400 g/mol. The number of hydrogen-bond acceptors (Lipinski definition) is 4. The second-order valence-electron chi connectivity index (χ2n) is 7.00. The van der Waals surface area contributed by atoms with Gasteiger partial charge in [-0.05, 0) is 41.3 Å². The van der Waals surface area contributed by atoms with Crippen LogP contribution in [0, 0.1) is 0 Å². The molecule has 2 heterocycles. The fourth-order valence-corrected chi connectivity index (χ4v) is 3.44. The average Bonchev–Trinajstić information content (AvgIpc) is 3.23. The van der Waals surface area contributed by atoms with Gasteiger partial charge in [-0.2, -0.15) is 0 Å². The second kappa shape index (κ2) is 7.61. The maximum absolute atomic E-state index is 12.4. The average molecular weight is 401 g/mol. The summed E-state index contributed by atoms with van der Waals surface area (Å²) in [6.45, 7) is 3.84. The standard InChI is InChI=1S/C20H20N4O3.ClH/c1-20(18(26)23-19(27)24-20)16-6-4-13(5-7-16)17(25)22-9-12-2-3-14-10-21-11-15(14)8-12;/h2-8,21H,9-11H2,1H3,(H,22,25)(H2,23,24,26,27);1H. The molecule has 8 heteroatoms. The molecule has 1 atom stereocenters. The van der Waals surface area contributed by atoms with E-state index in [1.165, 1.54) is 11.1 Å². The van der Waals surface area contributed by atoms with E-state index in [1.54, 1.807) is 31.2 Å². The summed E-state index contributed by atoms with van der Waals surface area (Å²) in [5.74, 6) is -0.596. The summed E-state index contributed by atoms with van der Waals surface area (Å²) in [5.41, 5.74) is 3.63. The molecule has 1 fully saturated rings. The summed E-state index contributed by atoms with van der Waals surface area (Å²) in [4.78, 5) is 35.8. The maximum Gasteiger partial charge on any atom is 0.322 e. The summed E-state index contributed by atoms with van der Waals surface area (Å²) in [7, 11) is 0. The summed E-state index contributed by atoms with van der Waals surface area (Å²) in [6.07, 6.45) is 0. The highest BCUT2D eigenvalue weighted by molar-refractivity contribution is 6.07. The van der Waals surface area contributed by atoms with Crippen molar-refractivity contribution in [3.63, 3.8) is 0 Å². The number of rotatable bonds is 4. The normalized spacial score (nSPS) is 20.0. The van der Waals surface area contributed by atoms with Gasteiger partial charge < -0.3 is 16.0 Å². The van der Waals surface area contributed by atoms with Gasteiger partial charge in [0.1, 0.15) is 5.54 Å². The highest BCUT2D eigenvalue weighted by Crippen LogP contribution is 2.24. The Balaban J connectivity index is 0.00000225. The minimum Gasteiger partial charge on any atom is -0.348 e. The molecule has 0 bridgehead atoms. The summed E-state index contributed by atoms with van der Waals surface area (Å²) < 4.78 is 0. The summed E-state index contributed by atoms with van der Waals surface area (Å²) in [6, 6.07) is 12.4. The predicted octanol–water partition coefficient (Wildman–Crippen LogP) is 1.70. The molecule has 2 aromatic carbocycles. The van der Waals surface area contributed by atoms with Gasteiger partial charge in [-0.1, -0.05) is 30.3 Å². The Bertz CT molecular complexity index is 945. The molecule has 1 unspecified atom stereocenters. The zero-order valence-electron chi connectivity index (χ0n) is 15.3. The van der Waals surface area contributed by atoms with Crippen molar-refractivity contribution in [2.45, 2.75) is 32.1 Å². The molecule has 1 saturated heterocycles. The molecule has 0 saturated carbocycles. The van der Waals surface area contributed by atoms with Crippen molar-refractivity contribution >= 4 is 30.3 Å². The fraction of sp³-hybridized carbons (Fsp3) is 0.250. The van der Waals surface area contributed by atoms with E-state index in [4.69, 9.17) is 0 Å². The molecular formula is C20H21ClN4O3. The number of nitrogens with one attached hydrogen (secondary N) is 4. The quantitative estimate of drug-likeness (QED) is 0.587. The lowest BCUT2D eigenvalue weighted by molar-refractivity contribution is -0.123. The molecule has 0 spiro atoms. The SMILES string of the molecule is CC1(c2ccc(C(=O)NCc3ccc4c(c3)CNC4)cc2)NC(=O)NC1=O.Cl. The molecule has 0 radical (unpaired) electrons. The van der Waals surface area contributed by atoms with Gasteiger partial charge in [0.05, 0.1) is 0 Å². The first-order chi connectivity index (χ1) is 13.0. The Morgan fingerprint density at radius 2 is 1.79 bits per heavy atom. The molecule has 4 N–H and O–H groups in total. The number of amides is 4. The third-order valence-electron chi connectivity index (χ3n) is 5.12. The highest BCUT2D eigenvalue weighted by Gasteiger charge is 2.43. The van der Waals surface area contributed by atoms with E-state index in [0.29, 0.717) is 17.7 Å². The van der Waals surface area contributed by atoms with Gasteiger partial charge >= 0.3 is 6.03 Å². The van der Waals surface area contributed by atoms with E-state index in [0.717, 1.165) is 18.7 Å². The molecule has 7 nitrogen and oxygen atoms in total. The van der Waals surface area contributed by atoms with Crippen molar-refractivity contribution in [2.24, 2.45) is 0 Å². The van der Waals surface area contributed by atoms with E-state index < -0.39 is 17.5 Å². The van der Waals surface area contributed by atoms with Crippen LogP contribution < -0.4 is 21.3 Å². The molecule has 0 aliphatic carbocycles. The molecule has 2 aliphatic rings. The largest absolute Gasteiger partial charge is 0.348 e. The Kier molecular flexibility index (Phi) is 5.40. The van der Waals surface area contributed by atoms with Crippen molar-refractivity contribution in [1.82, 2.24) is 21.3 Å². The number of carbonyl (C=O) groups excluding carboxylic acids is 3. The minimum atomic E-state index is -1.12. The van der Waals surface area contributed by atoms with Crippen LogP contribution in [-0.2, 0) is 30.0 Å². The van der Waals surface area contributed by atoms with Crippen LogP contribution in [0.4, 0.5) is 4.79 Å². The van der Waals surface area contributed by atoms with E-state index in [1.807, 2.05) is 6.07 Å². The molecule has 4 rings (SSSR count). The first-order valence-electron chi connectivity index (χ1n) is 8.79. The van der Waals surface area contributed by atoms with Gasteiger partial charge in [0.2, 0.25) is 0 Å². The molecule has 2 aromatic rings. The van der Waals surface area contributed by atoms with Crippen LogP contribution in [0.2, 0.25) is 0 Å². The van der Waals surface area contributed by atoms with Crippen LogP contribution >= 0.6 is 12.4 Å². The molecule has 0 aromatic heterocycles. The zero-order chi connectivity index (χ0) is 19.0. The first-order valence-corrected chi connectivity index (χ1v) is 8.79. The number of fused-ring (bicyclic) bond motifs is 1. The number of halogens is 1. The van der Waals surface area contributed by atoms with Crippen LogP contribution in [0.5, 0.6) is 0 Å². The third-order valence-corrected chi connectivity index (χ3v) is 5.12. The van der Waals surface area contributed by atoms with Crippen LogP contribution in [0.25, 0.3) is 0 Å². The number of urea groups is 1. The fourth-order valence-electron chi connectivity index (χ4n) is 3.44. The maximum atomic E-state index is 12.4. The Labute approximate surface area is 168 Å². The molecular weight excluding hydrogens is 380 g/mol. The van der Waals surface area contributed by atoms with Gasteiger partial charge in [-0.25, -0.2) is 4.79 Å². The van der Waals surface area contributed by atoms with Gasteiger partial charge in [0, 0.05) is 25.2 Å². The number of imide groups is 1. The Morgan fingerprint density at radius 1 is 1.07 bits per heavy atom. The molecule has 28 heavy (non-hydrogen) atoms. The molecule has 2 aliphatic heterocycles. The van der Waals surface area contributed by atoms with Gasteiger partial charge in [0.25, 0.3) is 11.8 Å². The second-order valence-corrected chi connectivity index (χ2v) is 7.00. The lowest BCUT2D eigenvalue weighted by atomic mass is 9.91. The first kappa shape index (κ1) is 19.9. The Morgan fingerprint density at radius 3 is 2.46 bits per heavy atom. The topological polar surface area (TPSA) is 99.3 Å². The van der Waals surface area contributed by atoms with E-state index in [2.05, 4.69) is 33.4 Å². The predicted molar refractivity (Wildman–Crippen MR) is 106 cm³/mol. The number of benzene rings is 2. The van der Waals surface area contributed by atoms with Gasteiger partial charge in [-0.3, -0.25) is 14.9 Å². The molecule has 4 amide bonds. The third kappa shape index (κ3) is 3.58. The molecule has 146 valence electrons. The van der Waals surface area contributed by atoms with Crippen LogP contribution in [0.1, 0.15) is 39.5 Å². The number of hydrogen-bond donors (Lipinski definition) is 4. The minimum absolute atomic E-state index is 0. The lowest BCUT2D eigenvalue weighted by Gasteiger charge is -2.21. The van der Waals surface area contributed by atoms with Gasteiger partial charge in [0.15, 0.2) is 0 Å². The van der Waals surface area contributed by atoms with Crippen LogP contribution in [-0.4, -0.2) is 17.8 Å². The highest BCUT2D eigenvalue weighted by atomic mass is 35.5.